The fourth-order valence-electron chi connectivity index (χ4n) is 1.92. The lowest BCUT2D eigenvalue weighted by molar-refractivity contribution is 0.231. The zero-order chi connectivity index (χ0) is 14.4. The highest BCUT2D eigenvalue weighted by Crippen LogP contribution is 2.17. The Bertz CT molecular complexity index is 560. The van der Waals surface area contributed by atoms with Gasteiger partial charge in [-0.2, -0.15) is 0 Å². The SMILES string of the molecule is Cc1cccc(CN(C)CCOc2cccc(Br)c2)n1. The van der Waals surface area contributed by atoms with Crippen LogP contribution < -0.4 is 4.74 Å². The molecule has 0 saturated carbocycles. The first-order valence-corrected chi connectivity index (χ1v) is 7.42. The van der Waals surface area contributed by atoms with Gasteiger partial charge in [0.05, 0.1) is 5.69 Å². The maximum atomic E-state index is 5.73. The van der Waals surface area contributed by atoms with E-state index in [1.165, 1.54) is 0 Å². The van der Waals surface area contributed by atoms with Crippen LogP contribution >= 0.6 is 15.9 Å². The topological polar surface area (TPSA) is 25.4 Å². The first-order valence-electron chi connectivity index (χ1n) is 6.63. The molecule has 20 heavy (non-hydrogen) atoms. The second kappa shape index (κ2) is 7.41. The van der Waals surface area contributed by atoms with E-state index in [9.17, 15) is 0 Å². The highest BCUT2D eigenvalue weighted by Gasteiger charge is 2.02. The Kier molecular flexibility index (Phi) is 5.56. The number of aromatic nitrogens is 1. The summed E-state index contributed by atoms with van der Waals surface area (Å²) in [5.74, 6) is 0.890. The Labute approximate surface area is 128 Å². The smallest absolute Gasteiger partial charge is 0.120 e. The lowest BCUT2D eigenvalue weighted by Crippen LogP contribution is -2.24. The number of aryl methyl sites for hydroxylation is 1. The van der Waals surface area contributed by atoms with Crippen molar-refractivity contribution in [2.75, 3.05) is 20.2 Å². The molecular formula is C16H19BrN2O. The minimum atomic E-state index is 0.665. The molecule has 106 valence electrons. The van der Waals surface area contributed by atoms with Gasteiger partial charge in [0.15, 0.2) is 0 Å². The van der Waals surface area contributed by atoms with E-state index in [4.69, 9.17) is 4.74 Å². The number of ether oxygens (including phenoxy) is 1. The van der Waals surface area contributed by atoms with Gasteiger partial charge < -0.3 is 4.74 Å². The summed E-state index contributed by atoms with van der Waals surface area (Å²) < 4.78 is 6.76. The van der Waals surface area contributed by atoms with Crippen molar-refractivity contribution >= 4 is 15.9 Å². The highest BCUT2D eigenvalue weighted by atomic mass is 79.9. The largest absolute Gasteiger partial charge is 0.492 e. The molecule has 0 bridgehead atoms. The summed E-state index contributed by atoms with van der Waals surface area (Å²) in [6.07, 6.45) is 0. The van der Waals surface area contributed by atoms with Crippen molar-refractivity contribution < 1.29 is 4.74 Å². The first kappa shape index (κ1) is 15.0. The molecule has 4 heteroatoms. The summed E-state index contributed by atoms with van der Waals surface area (Å²) in [5, 5.41) is 0. The Hall–Kier alpha value is -1.39. The zero-order valence-corrected chi connectivity index (χ0v) is 13.4. The fraction of sp³-hybridized carbons (Fsp3) is 0.312. The minimum Gasteiger partial charge on any atom is -0.492 e. The van der Waals surface area contributed by atoms with E-state index in [1.807, 2.05) is 43.3 Å². The molecule has 0 amide bonds. The molecule has 0 saturated heterocycles. The second-order valence-electron chi connectivity index (χ2n) is 4.81. The Morgan fingerprint density at radius 2 is 2.00 bits per heavy atom. The van der Waals surface area contributed by atoms with Crippen LogP contribution in [0.5, 0.6) is 5.75 Å². The van der Waals surface area contributed by atoms with E-state index < -0.39 is 0 Å². The summed E-state index contributed by atoms with van der Waals surface area (Å²) in [7, 11) is 2.08. The van der Waals surface area contributed by atoms with E-state index in [-0.39, 0.29) is 0 Å². The lowest BCUT2D eigenvalue weighted by Gasteiger charge is -2.16. The molecule has 0 spiro atoms. The summed E-state index contributed by atoms with van der Waals surface area (Å²) >= 11 is 3.44. The van der Waals surface area contributed by atoms with E-state index in [2.05, 4.69) is 38.9 Å². The predicted octanol–water partition coefficient (Wildman–Crippen LogP) is 3.66. The average molecular weight is 335 g/mol. The average Bonchev–Trinajstić information content (AvgIpc) is 2.38. The van der Waals surface area contributed by atoms with Crippen LogP contribution in [0.3, 0.4) is 0 Å². The third-order valence-electron chi connectivity index (χ3n) is 2.92. The maximum Gasteiger partial charge on any atom is 0.120 e. The number of hydrogen-bond acceptors (Lipinski definition) is 3. The van der Waals surface area contributed by atoms with Crippen LogP contribution in [0, 0.1) is 6.92 Å². The molecule has 0 aliphatic rings. The Balaban J connectivity index is 1.76. The first-order chi connectivity index (χ1) is 9.63. The summed E-state index contributed by atoms with van der Waals surface area (Å²) in [6, 6.07) is 14.0. The molecule has 3 nitrogen and oxygen atoms in total. The van der Waals surface area contributed by atoms with Crippen LogP contribution in [0.15, 0.2) is 46.9 Å². The molecule has 1 aromatic heterocycles. The van der Waals surface area contributed by atoms with Gasteiger partial charge in [-0.25, -0.2) is 0 Å². The molecule has 2 aromatic rings. The minimum absolute atomic E-state index is 0.665. The third-order valence-corrected chi connectivity index (χ3v) is 3.41. The second-order valence-corrected chi connectivity index (χ2v) is 5.73. The van der Waals surface area contributed by atoms with Gasteiger partial charge >= 0.3 is 0 Å². The zero-order valence-electron chi connectivity index (χ0n) is 11.8. The van der Waals surface area contributed by atoms with E-state index in [1.54, 1.807) is 0 Å². The van der Waals surface area contributed by atoms with Crippen molar-refractivity contribution in [2.45, 2.75) is 13.5 Å². The molecule has 0 aliphatic heterocycles. The van der Waals surface area contributed by atoms with Gasteiger partial charge in [0, 0.05) is 23.3 Å². The van der Waals surface area contributed by atoms with E-state index in [0.29, 0.717) is 6.61 Å². The van der Waals surface area contributed by atoms with Crippen LogP contribution in [-0.2, 0) is 6.54 Å². The van der Waals surface area contributed by atoms with E-state index in [0.717, 1.165) is 34.7 Å². The van der Waals surface area contributed by atoms with Gasteiger partial charge in [-0.05, 0) is 44.3 Å². The van der Waals surface area contributed by atoms with Crippen LogP contribution in [0.2, 0.25) is 0 Å². The Morgan fingerprint density at radius 1 is 1.20 bits per heavy atom. The molecule has 0 fully saturated rings. The van der Waals surface area contributed by atoms with Crippen molar-refractivity contribution in [3.8, 4) is 5.75 Å². The number of benzene rings is 1. The number of rotatable bonds is 6. The Morgan fingerprint density at radius 3 is 2.75 bits per heavy atom. The molecule has 0 radical (unpaired) electrons. The molecule has 1 aromatic carbocycles. The van der Waals surface area contributed by atoms with Crippen LogP contribution in [0.1, 0.15) is 11.4 Å². The van der Waals surface area contributed by atoms with Gasteiger partial charge in [0.25, 0.3) is 0 Å². The summed E-state index contributed by atoms with van der Waals surface area (Å²) in [4.78, 5) is 6.71. The monoisotopic (exact) mass is 334 g/mol. The standard InChI is InChI=1S/C16H19BrN2O/c1-13-5-3-7-15(18-13)12-19(2)9-10-20-16-8-4-6-14(17)11-16/h3-8,11H,9-10,12H2,1-2H3. The van der Waals surface area contributed by atoms with Gasteiger partial charge in [0.2, 0.25) is 0 Å². The predicted molar refractivity (Wildman–Crippen MR) is 84.9 cm³/mol. The molecule has 0 N–H and O–H groups in total. The van der Waals surface area contributed by atoms with Crippen LogP contribution in [0.25, 0.3) is 0 Å². The van der Waals surface area contributed by atoms with Crippen molar-refractivity contribution in [3.63, 3.8) is 0 Å². The van der Waals surface area contributed by atoms with Gasteiger partial charge in [0.1, 0.15) is 12.4 Å². The third kappa shape index (κ3) is 4.94. The number of nitrogens with zero attached hydrogens (tertiary/aromatic N) is 2. The quantitative estimate of drug-likeness (QED) is 0.806. The molecule has 0 unspecified atom stereocenters. The molecule has 0 atom stereocenters. The summed E-state index contributed by atoms with van der Waals surface area (Å²) in [6.45, 7) is 4.38. The molecule has 1 heterocycles. The molecular weight excluding hydrogens is 316 g/mol. The van der Waals surface area contributed by atoms with E-state index >= 15 is 0 Å². The fourth-order valence-corrected chi connectivity index (χ4v) is 2.30. The lowest BCUT2D eigenvalue weighted by atomic mass is 10.3. The normalized spacial score (nSPS) is 10.8. The van der Waals surface area contributed by atoms with Gasteiger partial charge in [-0.15, -0.1) is 0 Å². The molecule has 2 rings (SSSR count). The van der Waals surface area contributed by atoms with Crippen LogP contribution in [-0.4, -0.2) is 30.1 Å². The van der Waals surface area contributed by atoms with Crippen molar-refractivity contribution in [1.29, 1.82) is 0 Å². The molecule has 0 aliphatic carbocycles. The number of halogens is 1. The van der Waals surface area contributed by atoms with Gasteiger partial charge in [-0.1, -0.05) is 28.1 Å². The van der Waals surface area contributed by atoms with Crippen molar-refractivity contribution in [2.24, 2.45) is 0 Å². The number of hydrogen-bond donors (Lipinski definition) is 0. The van der Waals surface area contributed by atoms with Crippen molar-refractivity contribution in [1.82, 2.24) is 9.88 Å². The maximum absolute atomic E-state index is 5.73. The van der Waals surface area contributed by atoms with Gasteiger partial charge in [-0.3, -0.25) is 9.88 Å². The number of pyridine rings is 1. The van der Waals surface area contributed by atoms with Crippen LogP contribution in [0.4, 0.5) is 0 Å². The van der Waals surface area contributed by atoms with Crippen molar-refractivity contribution in [3.05, 3.63) is 58.3 Å². The number of likely N-dealkylation sites (N-methyl/N-ethyl adjacent to an activating group) is 1. The summed E-state index contributed by atoms with van der Waals surface area (Å²) in [5.41, 5.74) is 2.15. The highest BCUT2D eigenvalue weighted by molar-refractivity contribution is 9.10.